The highest BCUT2D eigenvalue weighted by molar-refractivity contribution is 5.84. The van der Waals surface area contributed by atoms with E-state index in [9.17, 15) is 19.7 Å². The molecule has 15 heavy (non-hydrogen) atoms. The van der Waals surface area contributed by atoms with Crippen molar-refractivity contribution in [2.45, 2.75) is 12.8 Å². The maximum absolute atomic E-state index is 11.3. The van der Waals surface area contributed by atoms with Crippen molar-refractivity contribution in [1.82, 2.24) is 9.55 Å². The highest BCUT2D eigenvalue weighted by Gasteiger charge is 2.20. The molecule has 0 fully saturated rings. The van der Waals surface area contributed by atoms with Gasteiger partial charge in [-0.1, -0.05) is 0 Å². The number of aliphatic carboxylic acids is 1. The van der Waals surface area contributed by atoms with Crippen molar-refractivity contribution < 1.29 is 19.6 Å². The van der Waals surface area contributed by atoms with Gasteiger partial charge in [0.05, 0.1) is 12.8 Å². The van der Waals surface area contributed by atoms with Gasteiger partial charge in [-0.15, -0.1) is 4.57 Å². The van der Waals surface area contributed by atoms with E-state index in [0.717, 1.165) is 17.1 Å². The van der Waals surface area contributed by atoms with Crippen LogP contribution in [0.3, 0.4) is 0 Å². The normalized spacial score (nSPS) is 9.87. The monoisotopic (exact) mass is 213 g/mol. The second kappa shape index (κ2) is 4.31. The lowest BCUT2D eigenvalue weighted by Gasteiger charge is -1.97. The van der Waals surface area contributed by atoms with E-state index in [1.54, 1.807) is 0 Å². The fraction of sp³-hybridized carbons (Fsp3) is 0.286. The zero-order valence-electron chi connectivity index (χ0n) is 7.49. The number of hydrogen-bond donors (Lipinski definition) is 1. The van der Waals surface area contributed by atoms with Gasteiger partial charge in [-0.05, 0) is 4.92 Å². The molecule has 1 N–H and O–H groups in total. The van der Waals surface area contributed by atoms with Gasteiger partial charge in [0.15, 0.2) is 6.33 Å². The highest BCUT2D eigenvalue weighted by atomic mass is 16.6. The molecule has 8 heteroatoms. The van der Waals surface area contributed by atoms with Gasteiger partial charge in [-0.3, -0.25) is 4.79 Å². The number of nitro groups is 1. The maximum Gasteiger partial charge on any atom is 0.350 e. The van der Waals surface area contributed by atoms with Crippen molar-refractivity contribution in [3.05, 3.63) is 22.6 Å². The lowest BCUT2D eigenvalue weighted by Crippen LogP contribution is -2.13. The zero-order valence-corrected chi connectivity index (χ0v) is 7.49. The number of rotatable bonds is 4. The molecule has 0 spiro atoms. The molecule has 0 aliphatic carbocycles. The third kappa shape index (κ3) is 2.59. The molecule has 0 amide bonds. The van der Waals surface area contributed by atoms with Crippen LogP contribution in [0.4, 0.5) is 5.82 Å². The molecule has 80 valence electrons. The molecule has 1 aromatic heterocycles. The minimum Gasteiger partial charge on any atom is -0.481 e. The number of carbonyl (C=O) groups is 2. The van der Waals surface area contributed by atoms with Crippen LogP contribution in [-0.4, -0.2) is 31.5 Å². The molecular formula is C7H7N3O5. The summed E-state index contributed by atoms with van der Waals surface area (Å²) in [7, 11) is 0. The SMILES string of the molecule is O=C(O)CCC(=O)n1cncc1[N+](=O)[O-]. The average Bonchev–Trinajstić information content (AvgIpc) is 2.62. The van der Waals surface area contributed by atoms with E-state index < -0.39 is 22.6 Å². The first-order valence-electron chi connectivity index (χ1n) is 3.94. The van der Waals surface area contributed by atoms with Gasteiger partial charge in [0, 0.05) is 0 Å². The van der Waals surface area contributed by atoms with Crippen LogP contribution in [0, 0.1) is 10.1 Å². The summed E-state index contributed by atoms with van der Waals surface area (Å²) in [5.74, 6) is -2.27. The quantitative estimate of drug-likeness (QED) is 0.567. The molecule has 0 radical (unpaired) electrons. The van der Waals surface area contributed by atoms with Crippen LogP contribution in [0.15, 0.2) is 12.5 Å². The number of hydrogen-bond acceptors (Lipinski definition) is 5. The summed E-state index contributed by atoms with van der Waals surface area (Å²) in [6.45, 7) is 0. The summed E-state index contributed by atoms with van der Waals surface area (Å²) in [4.78, 5) is 34.6. The molecule has 8 nitrogen and oxygen atoms in total. The summed E-state index contributed by atoms with van der Waals surface area (Å²) in [5.41, 5.74) is 0. The minimum atomic E-state index is -1.13. The fourth-order valence-corrected chi connectivity index (χ4v) is 0.950. The van der Waals surface area contributed by atoms with Crippen LogP contribution in [0.2, 0.25) is 0 Å². The van der Waals surface area contributed by atoms with Crippen molar-refractivity contribution in [2.24, 2.45) is 0 Å². The average molecular weight is 213 g/mol. The molecule has 0 unspecified atom stereocenters. The van der Waals surface area contributed by atoms with Crippen molar-refractivity contribution in [2.75, 3.05) is 0 Å². The number of carbonyl (C=O) groups excluding carboxylic acids is 1. The Morgan fingerprint density at radius 3 is 2.73 bits per heavy atom. The molecule has 0 aromatic carbocycles. The van der Waals surface area contributed by atoms with Gasteiger partial charge in [-0.2, -0.15) is 0 Å². The van der Waals surface area contributed by atoms with Gasteiger partial charge < -0.3 is 15.2 Å². The first-order valence-corrected chi connectivity index (χ1v) is 3.94. The molecule has 1 heterocycles. The van der Waals surface area contributed by atoms with Crippen LogP contribution < -0.4 is 0 Å². The third-order valence-electron chi connectivity index (χ3n) is 1.63. The Morgan fingerprint density at radius 2 is 2.20 bits per heavy atom. The van der Waals surface area contributed by atoms with Crippen LogP contribution >= 0.6 is 0 Å². The predicted molar refractivity (Wildman–Crippen MR) is 46.4 cm³/mol. The molecule has 1 rings (SSSR count). The van der Waals surface area contributed by atoms with Crippen LogP contribution in [-0.2, 0) is 4.79 Å². The molecule has 0 aliphatic heterocycles. The standard InChI is InChI=1S/C7H7N3O5/c11-6(1-2-7(12)13)9-4-8-3-5(9)10(14)15/h3-4H,1-2H2,(H,12,13). The van der Waals surface area contributed by atoms with Crippen LogP contribution in [0.5, 0.6) is 0 Å². The van der Waals surface area contributed by atoms with Crippen molar-refractivity contribution in [3.8, 4) is 0 Å². The largest absolute Gasteiger partial charge is 0.481 e. The molecular weight excluding hydrogens is 206 g/mol. The van der Waals surface area contributed by atoms with Gasteiger partial charge in [0.25, 0.3) is 0 Å². The lowest BCUT2D eigenvalue weighted by atomic mass is 10.3. The van der Waals surface area contributed by atoms with Crippen LogP contribution in [0.1, 0.15) is 17.6 Å². The summed E-state index contributed by atoms with van der Waals surface area (Å²) in [5, 5.41) is 18.7. The van der Waals surface area contributed by atoms with E-state index in [1.165, 1.54) is 0 Å². The molecule has 0 bridgehead atoms. The number of nitrogens with zero attached hydrogens (tertiary/aromatic N) is 3. The Kier molecular flexibility index (Phi) is 3.11. The first-order chi connectivity index (χ1) is 7.02. The van der Waals surface area contributed by atoms with E-state index in [1.807, 2.05) is 0 Å². The first kappa shape index (κ1) is 10.8. The number of carboxylic acid groups (broad SMARTS) is 1. The van der Waals surface area contributed by atoms with E-state index in [4.69, 9.17) is 5.11 Å². The van der Waals surface area contributed by atoms with E-state index >= 15 is 0 Å². The predicted octanol–water partition coefficient (Wildman–Crippen LogP) is 0.296. The van der Waals surface area contributed by atoms with Crippen molar-refractivity contribution in [3.63, 3.8) is 0 Å². The Hall–Kier alpha value is -2.25. The van der Waals surface area contributed by atoms with E-state index in [0.29, 0.717) is 0 Å². The van der Waals surface area contributed by atoms with E-state index in [2.05, 4.69) is 4.98 Å². The number of aromatic nitrogens is 2. The van der Waals surface area contributed by atoms with Crippen LogP contribution in [0.25, 0.3) is 0 Å². The van der Waals surface area contributed by atoms with Crippen molar-refractivity contribution in [1.29, 1.82) is 0 Å². The van der Waals surface area contributed by atoms with E-state index in [-0.39, 0.29) is 12.8 Å². The smallest absolute Gasteiger partial charge is 0.350 e. The fourth-order valence-electron chi connectivity index (χ4n) is 0.950. The van der Waals surface area contributed by atoms with Gasteiger partial charge in [0.1, 0.15) is 6.20 Å². The summed E-state index contributed by atoms with van der Waals surface area (Å²) in [6, 6.07) is 0. The Balaban J connectivity index is 2.78. The highest BCUT2D eigenvalue weighted by Crippen LogP contribution is 2.10. The molecule has 0 aliphatic rings. The number of carboxylic acids is 1. The maximum atomic E-state index is 11.3. The van der Waals surface area contributed by atoms with Gasteiger partial charge in [-0.25, -0.2) is 9.78 Å². The molecule has 0 saturated heterocycles. The Morgan fingerprint density at radius 1 is 1.53 bits per heavy atom. The second-order valence-electron chi connectivity index (χ2n) is 2.67. The number of imidazole rings is 1. The Bertz CT molecular complexity index is 411. The molecule has 0 atom stereocenters. The van der Waals surface area contributed by atoms with Crippen molar-refractivity contribution >= 4 is 17.7 Å². The molecule has 0 saturated carbocycles. The molecule has 1 aromatic rings. The summed E-state index contributed by atoms with van der Waals surface area (Å²) >= 11 is 0. The van der Waals surface area contributed by atoms with Gasteiger partial charge >= 0.3 is 17.7 Å². The third-order valence-corrected chi connectivity index (χ3v) is 1.63. The zero-order chi connectivity index (χ0) is 11.4. The topological polar surface area (TPSA) is 115 Å². The summed E-state index contributed by atoms with van der Waals surface area (Å²) < 4.78 is 0.725. The summed E-state index contributed by atoms with van der Waals surface area (Å²) in [6.07, 6.45) is 1.25. The lowest BCUT2D eigenvalue weighted by molar-refractivity contribution is -0.390. The Labute approximate surface area is 83.3 Å². The minimum absolute atomic E-state index is 0.299. The second-order valence-corrected chi connectivity index (χ2v) is 2.67. The van der Waals surface area contributed by atoms with Gasteiger partial charge in [0.2, 0.25) is 0 Å².